The van der Waals surface area contributed by atoms with Crippen LogP contribution in [0.3, 0.4) is 0 Å². The average molecular weight is 305 g/mol. The molecule has 0 atom stereocenters. The second kappa shape index (κ2) is 10.9. The topological polar surface area (TPSA) is 89.2 Å². The van der Waals surface area contributed by atoms with E-state index in [1.54, 1.807) is 7.11 Å². The van der Waals surface area contributed by atoms with Crippen LogP contribution in [0.25, 0.3) is 0 Å². The highest BCUT2D eigenvalue weighted by Crippen LogP contribution is 2.30. The largest absolute Gasteiger partial charge is 0.463 e. The maximum absolute atomic E-state index is 12.1. The maximum atomic E-state index is 12.1. The number of ether oxygens (including phenoxy) is 5. The molecule has 124 valence electrons. The Morgan fingerprint density at radius 1 is 1.05 bits per heavy atom. The van der Waals surface area contributed by atoms with Crippen LogP contribution in [-0.4, -0.2) is 72.5 Å². The summed E-state index contributed by atoms with van der Waals surface area (Å²) in [6.07, 6.45) is 1.24. The minimum atomic E-state index is -0.582. The van der Waals surface area contributed by atoms with Crippen LogP contribution < -0.4 is 5.73 Å². The second-order valence-electron chi connectivity index (χ2n) is 4.95. The highest BCUT2D eigenvalue weighted by Gasteiger charge is 2.40. The van der Waals surface area contributed by atoms with Gasteiger partial charge in [0.05, 0.1) is 38.4 Å². The fourth-order valence-corrected chi connectivity index (χ4v) is 2.06. The van der Waals surface area contributed by atoms with Crippen molar-refractivity contribution in [1.29, 1.82) is 0 Å². The van der Waals surface area contributed by atoms with Gasteiger partial charge in [-0.15, -0.1) is 0 Å². The molecule has 0 aliphatic carbocycles. The van der Waals surface area contributed by atoms with E-state index in [1.807, 2.05) is 0 Å². The monoisotopic (exact) mass is 305 g/mol. The number of methoxy groups -OCH3 is 1. The van der Waals surface area contributed by atoms with Crippen LogP contribution in [0.4, 0.5) is 0 Å². The molecule has 0 saturated carbocycles. The van der Waals surface area contributed by atoms with Gasteiger partial charge in [0.2, 0.25) is 0 Å². The van der Waals surface area contributed by atoms with Gasteiger partial charge in [-0.3, -0.25) is 4.79 Å². The maximum Gasteiger partial charge on any atom is 0.313 e. The molecule has 0 unspecified atom stereocenters. The Balaban J connectivity index is 2.05. The normalized spacial score (nSPS) is 17.6. The van der Waals surface area contributed by atoms with Crippen molar-refractivity contribution >= 4 is 5.97 Å². The van der Waals surface area contributed by atoms with Crippen LogP contribution in [0.5, 0.6) is 0 Å². The van der Waals surface area contributed by atoms with Crippen LogP contribution in [0.1, 0.15) is 12.8 Å². The Labute approximate surface area is 126 Å². The number of hydrogen-bond donors (Lipinski definition) is 1. The lowest BCUT2D eigenvalue weighted by atomic mass is 9.80. The van der Waals surface area contributed by atoms with Crippen LogP contribution in [-0.2, 0) is 28.5 Å². The summed E-state index contributed by atoms with van der Waals surface area (Å²) >= 11 is 0. The van der Waals surface area contributed by atoms with E-state index in [4.69, 9.17) is 29.4 Å². The van der Waals surface area contributed by atoms with Gasteiger partial charge in [0, 0.05) is 26.9 Å². The van der Waals surface area contributed by atoms with E-state index < -0.39 is 5.41 Å². The molecule has 0 aromatic carbocycles. The van der Waals surface area contributed by atoms with Crippen molar-refractivity contribution in [2.45, 2.75) is 12.8 Å². The third-order valence-electron chi connectivity index (χ3n) is 3.54. The molecule has 0 aromatic rings. The number of nitrogens with two attached hydrogens (primary N) is 1. The highest BCUT2D eigenvalue weighted by atomic mass is 16.6. The van der Waals surface area contributed by atoms with E-state index in [0.717, 1.165) is 0 Å². The first-order chi connectivity index (χ1) is 10.2. The van der Waals surface area contributed by atoms with E-state index in [0.29, 0.717) is 65.6 Å². The van der Waals surface area contributed by atoms with Crippen LogP contribution in [0, 0.1) is 5.41 Å². The molecule has 0 aromatic heterocycles. The first kappa shape index (κ1) is 18.3. The van der Waals surface area contributed by atoms with Crippen molar-refractivity contribution in [3.05, 3.63) is 0 Å². The predicted octanol–water partition coefficient (Wildman–Crippen LogP) is -0.0353. The molecule has 0 spiro atoms. The summed E-state index contributed by atoms with van der Waals surface area (Å²) in [7, 11) is 1.63. The van der Waals surface area contributed by atoms with Gasteiger partial charge in [-0.05, 0) is 12.8 Å². The molecule has 1 aliphatic rings. The zero-order valence-electron chi connectivity index (χ0n) is 12.8. The molecule has 0 amide bonds. The third-order valence-corrected chi connectivity index (χ3v) is 3.54. The first-order valence-corrected chi connectivity index (χ1v) is 7.34. The van der Waals surface area contributed by atoms with Gasteiger partial charge < -0.3 is 29.4 Å². The fraction of sp³-hybridized carbons (Fsp3) is 0.929. The Hall–Kier alpha value is -0.730. The molecule has 7 nitrogen and oxygen atoms in total. The predicted molar refractivity (Wildman–Crippen MR) is 76.0 cm³/mol. The molecule has 0 radical (unpaired) electrons. The third kappa shape index (κ3) is 6.71. The van der Waals surface area contributed by atoms with Gasteiger partial charge >= 0.3 is 5.97 Å². The molecular weight excluding hydrogens is 278 g/mol. The zero-order valence-corrected chi connectivity index (χ0v) is 12.8. The van der Waals surface area contributed by atoms with Gasteiger partial charge in [-0.2, -0.15) is 0 Å². The Kier molecular flexibility index (Phi) is 9.53. The molecule has 0 bridgehead atoms. The highest BCUT2D eigenvalue weighted by molar-refractivity contribution is 5.77. The lowest BCUT2D eigenvalue weighted by Crippen LogP contribution is -2.44. The summed E-state index contributed by atoms with van der Waals surface area (Å²) in [6.45, 7) is 4.10. The molecule has 7 heteroatoms. The Bertz CT molecular complexity index is 281. The quantitative estimate of drug-likeness (QED) is 0.423. The second-order valence-corrected chi connectivity index (χ2v) is 4.95. The van der Waals surface area contributed by atoms with Crippen LogP contribution in [0.15, 0.2) is 0 Å². The minimum absolute atomic E-state index is 0.236. The van der Waals surface area contributed by atoms with Crippen molar-refractivity contribution < 1.29 is 28.5 Å². The molecule has 1 heterocycles. The zero-order chi connectivity index (χ0) is 15.4. The summed E-state index contributed by atoms with van der Waals surface area (Å²) in [5.74, 6) is -0.242. The lowest BCUT2D eigenvalue weighted by molar-refractivity contribution is -0.162. The Morgan fingerprint density at radius 2 is 1.62 bits per heavy atom. The number of hydrogen-bond acceptors (Lipinski definition) is 7. The van der Waals surface area contributed by atoms with Gasteiger partial charge in [0.15, 0.2) is 0 Å². The van der Waals surface area contributed by atoms with E-state index in [-0.39, 0.29) is 12.6 Å². The lowest BCUT2D eigenvalue weighted by Gasteiger charge is -2.33. The van der Waals surface area contributed by atoms with Crippen molar-refractivity contribution in [1.82, 2.24) is 0 Å². The fourth-order valence-electron chi connectivity index (χ4n) is 2.06. The van der Waals surface area contributed by atoms with Crippen LogP contribution in [0.2, 0.25) is 0 Å². The van der Waals surface area contributed by atoms with Crippen molar-refractivity contribution in [3.8, 4) is 0 Å². The van der Waals surface area contributed by atoms with Crippen LogP contribution >= 0.6 is 0 Å². The van der Waals surface area contributed by atoms with Gasteiger partial charge in [-0.25, -0.2) is 0 Å². The minimum Gasteiger partial charge on any atom is -0.463 e. The van der Waals surface area contributed by atoms with Gasteiger partial charge in [0.1, 0.15) is 6.61 Å². The number of carbonyl (C=O) groups excluding carboxylic acids is 1. The molecule has 2 N–H and O–H groups in total. The molecular formula is C14H27NO6. The summed E-state index contributed by atoms with van der Waals surface area (Å²) in [6, 6.07) is 0. The molecule has 21 heavy (non-hydrogen) atoms. The SMILES string of the molecule is COCCOCCOCCOC(=O)C1(CN)CCOCC1. The van der Waals surface area contributed by atoms with Crippen molar-refractivity contribution in [3.63, 3.8) is 0 Å². The first-order valence-electron chi connectivity index (χ1n) is 7.34. The van der Waals surface area contributed by atoms with E-state index in [2.05, 4.69) is 0 Å². The summed E-state index contributed by atoms with van der Waals surface area (Å²) < 4.78 is 25.9. The molecule has 1 rings (SSSR count). The molecule has 1 aliphatic heterocycles. The average Bonchev–Trinajstić information content (AvgIpc) is 2.53. The number of esters is 1. The van der Waals surface area contributed by atoms with Crippen molar-refractivity contribution in [2.75, 3.05) is 66.5 Å². The number of carbonyl (C=O) groups is 1. The van der Waals surface area contributed by atoms with Gasteiger partial charge in [0.25, 0.3) is 0 Å². The van der Waals surface area contributed by atoms with Gasteiger partial charge in [-0.1, -0.05) is 0 Å². The Morgan fingerprint density at radius 3 is 2.19 bits per heavy atom. The van der Waals surface area contributed by atoms with E-state index in [9.17, 15) is 4.79 Å². The summed E-state index contributed by atoms with van der Waals surface area (Å²) in [5.41, 5.74) is 5.15. The molecule has 1 saturated heterocycles. The molecule has 1 fully saturated rings. The smallest absolute Gasteiger partial charge is 0.313 e. The summed E-state index contributed by atoms with van der Waals surface area (Å²) in [4.78, 5) is 12.1. The van der Waals surface area contributed by atoms with E-state index >= 15 is 0 Å². The van der Waals surface area contributed by atoms with Crippen molar-refractivity contribution in [2.24, 2.45) is 11.1 Å². The number of rotatable bonds is 11. The summed E-state index contributed by atoms with van der Waals surface area (Å²) in [5, 5.41) is 0. The standard InChI is InChI=1S/C14H27NO6/c1-17-6-7-19-8-9-20-10-11-21-13(16)14(12-15)2-4-18-5-3-14/h2-12,15H2,1H3. The van der Waals surface area contributed by atoms with E-state index in [1.165, 1.54) is 0 Å².